The average Bonchev–Trinajstić information content (AvgIpc) is 2.98. The summed E-state index contributed by atoms with van der Waals surface area (Å²) >= 11 is 0. The van der Waals surface area contributed by atoms with E-state index in [0.717, 1.165) is 5.57 Å². The van der Waals surface area contributed by atoms with E-state index < -0.39 is 0 Å². The fourth-order valence-corrected chi connectivity index (χ4v) is 8.20. The van der Waals surface area contributed by atoms with Crippen LogP contribution in [0.3, 0.4) is 0 Å². The fraction of sp³-hybridized carbons (Fsp3) is 0.268. The SMILES string of the molecule is C#CC1=C2C(=C(C)C3C(C=CC=CC(=C)C)c4ccccc4C(C)C13)C(c1ccccc1C)c1ccccc1C2C. The number of hydrogen-bond acceptors (Lipinski definition) is 0. The minimum absolute atomic E-state index is 0.170. The number of hydrogen-bond donors (Lipinski definition) is 0. The number of fused-ring (bicyclic) bond motifs is 4. The summed E-state index contributed by atoms with van der Waals surface area (Å²) in [6.45, 7) is 15.5. The maximum absolute atomic E-state index is 6.57. The first-order valence-corrected chi connectivity index (χ1v) is 15.0. The van der Waals surface area contributed by atoms with Crippen molar-refractivity contribution >= 4 is 0 Å². The average molecular weight is 533 g/mol. The Morgan fingerprint density at radius 1 is 0.756 bits per heavy atom. The van der Waals surface area contributed by atoms with E-state index in [4.69, 9.17) is 6.42 Å². The Morgan fingerprint density at radius 3 is 2.02 bits per heavy atom. The third kappa shape index (κ3) is 4.31. The van der Waals surface area contributed by atoms with E-state index in [1.807, 2.05) is 6.92 Å². The second kappa shape index (κ2) is 10.7. The molecular weight excluding hydrogens is 492 g/mol. The highest BCUT2D eigenvalue weighted by atomic mass is 14.5. The largest absolute Gasteiger partial charge is 0.115 e. The summed E-state index contributed by atoms with van der Waals surface area (Å²) in [5.74, 6) is 4.88. The Hall–Kier alpha value is -4.08. The standard InChI is InChI=1S/C41H40/c1-8-30-37-27(5)32-20-13-15-22-34(32)36(24-11-9-17-25(2)3)39(37)29(7)40-38(30)28(6)33-21-14-16-23-35(33)41(40)31-19-12-10-18-26(31)4/h1,9-24,27-28,36-37,39,41H,2H2,3-7H3. The summed E-state index contributed by atoms with van der Waals surface area (Å²) < 4.78 is 0. The summed E-state index contributed by atoms with van der Waals surface area (Å²) in [6, 6.07) is 27.0. The molecule has 0 saturated heterocycles. The molecule has 3 aromatic carbocycles. The lowest BCUT2D eigenvalue weighted by Gasteiger charge is -2.50. The molecule has 6 unspecified atom stereocenters. The minimum atomic E-state index is 0.170. The van der Waals surface area contributed by atoms with Gasteiger partial charge in [-0.25, -0.2) is 0 Å². The van der Waals surface area contributed by atoms with Crippen LogP contribution < -0.4 is 0 Å². The first-order chi connectivity index (χ1) is 19.8. The number of rotatable bonds is 4. The summed E-state index contributed by atoms with van der Waals surface area (Å²) in [7, 11) is 0. The van der Waals surface area contributed by atoms with Crippen LogP contribution in [0.4, 0.5) is 0 Å². The van der Waals surface area contributed by atoms with Gasteiger partial charge in [-0.15, -0.1) is 6.42 Å². The molecule has 3 aromatic rings. The number of aryl methyl sites for hydroxylation is 1. The molecule has 0 bridgehead atoms. The van der Waals surface area contributed by atoms with Crippen molar-refractivity contribution in [2.45, 2.75) is 58.3 Å². The molecule has 0 nitrogen and oxygen atoms in total. The van der Waals surface area contributed by atoms with E-state index in [2.05, 4.69) is 137 Å². The maximum Gasteiger partial charge on any atom is 0.0348 e. The number of benzene rings is 3. The molecule has 204 valence electrons. The first kappa shape index (κ1) is 27.1. The van der Waals surface area contributed by atoms with E-state index in [-0.39, 0.29) is 23.7 Å². The van der Waals surface area contributed by atoms with Crippen molar-refractivity contribution in [3.8, 4) is 12.3 Å². The molecule has 0 heteroatoms. The van der Waals surface area contributed by atoms with E-state index in [0.29, 0.717) is 11.8 Å². The van der Waals surface area contributed by atoms with Crippen molar-refractivity contribution in [1.82, 2.24) is 0 Å². The van der Waals surface area contributed by atoms with E-state index >= 15 is 0 Å². The van der Waals surface area contributed by atoms with Gasteiger partial charge in [-0.3, -0.25) is 0 Å². The predicted molar refractivity (Wildman–Crippen MR) is 174 cm³/mol. The van der Waals surface area contributed by atoms with Crippen LogP contribution in [0, 0.1) is 31.1 Å². The van der Waals surface area contributed by atoms with Gasteiger partial charge in [-0.1, -0.05) is 135 Å². The topological polar surface area (TPSA) is 0 Å². The predicted octanol–water partition coefficient (Wildman–Crippen LogP) is 10.3. The van der Waals surface area contributed by atoms with Crippen LogP contribution in [0.25, 0.3) is 0 Å². The van der Waals surface area contributed by atoms with Crippen LogP contribution in [0.2, 0.25) is 0 Å². The van der Waals surface area contributed by atoms with Gasteiger partial charge in [0.15, 0.2) is 0 Å². The lowest BCUT2D eigenvalue weighted by molar-refractivity contribution is 0.317. The molecule has 0 heterocycles. The highest BCUT2D eigenvalue weighted by molar-refractivity contribution is 5.68. The van der Waals surface area contributed by atoms with Gasteiger partial charge in [0.1, 0.15) is 0 Å². The second-order valence-electron chi connectivity index (χ2n) is 12.3. The minimum Gasteiger partial charge on any atom is -0.115 e. The molecule has 0 radical (unpaired) electrons. The fourth-order valence-electron chi connectivity index (χ4n) is 8.20. The molecule has 0 fully saturated rings. The first-order valence-electron chi connectivity index (χ1n) is 15.0. The number of allylic oxidation sites excluding steroid dienone is 9. The lowest BCUT2D eigenvalue weighted by atomic mass is 9.52. The molecular formula is C41H40. The quantitative estimate of drug-likeness (QED) is 0.232. The van der Waals surface area contributed by atoms with Crippen LogP contribution in [0.15, 0.2) is 132 Å². The van der Waals surface area contributed by atoms with Crippen molar-refractivity contribution in [2.75, 3.05) is 0 Å². The monoisotopic (exact) mass is 532 g/mol. The van der Waals surface area contributed by atoms with Crippen LogP contribution in [-0.4, -0.2) is 0 Å². The zero-order chi connectivity index (χ0) is 28.8. The Bertz CT molecular complexity index is 1690. The van der Waals surface area contributed by atoms with E-state index in [9.17, 15) is 0 Å². The highest BCUT2D eigenvalue weighted by Gasteiger charge is 2.49. The molecule has 0 aliphatic heterocycles. The Morgan fingerprint density at radius 2 is 1.37 bits per heavy atom. The Kier molecular flexibility index (Phi) is 7.09. The smallest absolute Gasteiger partial charge is 0.0348 e. The third-order valence-electron chi connectivity index (χ3n) is 9.96. The summed E-state index contributed by atoms with van der Waals surface area (Å²) in [6.07, 6.45) is 15.4. The van der Waals surface area contributed by atoms with Crippen molar-refractivity contribution in [3.63, 3.8) is 0 Å². The Balaban J connectivity index is 1.66. The van der Waals surface area contributed by atoms with Gasteiger partial charge in [-0.05, 0) is 77.1 Å². The van der Waals surface area contributed by atoms with Gasteiger partial charge in [-0.2, -0.15) is 0 Å². The zero-order valence-electron chi connectivity index (χ0n) is 25.0. The highest BCUT2D eigenvalue weighted by Crippen LogP contribution is 2.62. The van der Waals surface area contributed by atoms with Crippen LogP contribution in [0.5, 0.6) is 0 Å². The van der Waals surface area contributed by atoms with Crippen LogP contribution in [-0.2, 0) is 0 Å². The maximum atomic E-state index is 6.57. The molecule has 6 rings (SSSR count). The lowest BCUT2D eigenvalue weighted by Crippen LogP contribution is -2.39. The molecule has 41 heavy (non-hydrogen) atoms. The molecule has 3 aliphatic carbocycles. The zero-order valence-corrected chi connectivity index (χ0v) is 25.0. The van der Waals surface area contributed by atoms with Gasteiger partial charge in [0.25, 0.3) is 0 Å². The van der Waals surface area contributed by atoms with Crippen molar-refractivity contribution in [2.24, 2.45) is 11.8 Å². The molecule has 0 aromatic heterocycles. The van der Waals surface area contributed by atoms with Gasteiger partial charge in [0, 0.05) is 29.2 Å². The van der Waals surface area contributed by atoms with Crippen molar-refractivity contribution in [1.29, 1.82) is 0 Å². The van der Waals surface area contributed by atoms with Gasteiger partial charge in [0.05, 0.1) is 0 Å². The van der Waals surface area contributed by atoms with Crippen molar-refractivity contribution < 1.29 is 0 Å². The molecule has 0 N–H and O–H groups in total. The second-order valence-corrected chi connectivity index (χ2v) is 12.3. The summed E-state index contributed by atoms with van der Waals surface area (Å²) in [4.78, 5) is 0. The van der Waals surface area contributed by atoms with Gasteiger partial charge >= 0.3 is 0 Å². The third-order valence-corrected chi connectivity index (χ3v) is 9.96. The normalized spacial score (nSPS) is 26.8. The molecule has 0 saturated carbocycles. The van der Waals surface area contributed by atoms with Crippen LogP contribution >= 0.6 is 0 Å². The summed E-state index contributed by atoms with van der Waals surface area (Å²) in [5.41, 5.74) is 15.0. The Labute approximate surface area is 246 Å². The van der Waals surface area contributed by atoms with Gasteiger partial charge in [0.2, 0.25) is 0 Å². The molecule has 0 spiro atoms. The number of terminal acetylenes is 1. The molecule has 0 amide bonds. The summed E-state index contributed by atoms with van der Waals surface area (Å²) in [5, 5.41) is 0. The van der Waals surface area contributed by atoms with Gasteiger partial charge < -0.3 is 0 Å². The molecule has 6 atom stereocenters. The van der Waals surface area contributed by atoms with Crippen molar-refractivity contribution in [3.05, 3.63) is 165 Å². The van der Waals surface area contributed by atoms with E-state index in [1.54, 1.807) is 0 Å². The van der Waals surface area contributed by atoms with E-state index in [1.165, 1.54) is 55.7 Å². The molecule has 3 aliphatic rings. The van der Waals surface area contributed by atoms with Crippen LogP contribution in [0.1, 0.15) is 84.7 Å².